The van der Waals surface area contributed by atoms with Crippen molar-refractivity contribution < 1.29 is 35.0 Å². The molecule has 0 bridgehead atoms. The van der Waals surface area contributed by atoms with Gasteiger partial charge in [-0.15, -0.1) is 0 Å². The first kappa shape index (κ1) is 22.5. The summed E-state index contributed by atoms with van der Waals surface area (Å²) in [6, 6.07) is 12.3. The summed E-state index contributed by atoms with van der Waals surface area (Å²) in [7, 11) is 0. The molecule has 0 spiro atoms. The van der Waals surface area contributed by atoms with Gasteiger partial charge in [-0.2, -0.15) is 0 Å². The van der Waals surface area contributed by atoms with E-state index in [4.69, 9.17) is 21.1 Å². The predicted molar refractivity (Wildman–Crippen MR) is 113 cm³/mol. The van der Waals surface area contributed by atoms with Crippen LogP contribution in [0.2, 0.25) is 5.02 Å². The lowest BCUT2D eigenvalue weighted by molar-refractivity contribution is -0.357. The minimum atomic E-state index is -2.31. The van der Waals surface area contributed by atoms with Crippen LogP contribution in [0.4, 0.5) is 0 Å². The van der Waals surface area contributed by atoms with Crippen LogP contribution in [0.3, 0.4) is 0 Å². The van der Waals surface area contributed by atoms with E-state index in [0.29, 0.717) is 23.1 Å². The predicted octanol–water partition coefficient (Wildman–Crippen LogP) is 1.48. The normalized spacial score (nSPS) is 31.3. The van der Waals surface area contributed by atoms with Gasteiger partial charge in [0.1, 0.15) is 30.2 Å². The summed E-state index contributed by atoms with van der Waals surface area (Å²) < 4.78 is 11.3. The molecule has 1 unspecified atom stereocenters. The third-order valence-electron chi connectivity index (χ3n) is 6.10. The zero-order chi connectivity index (χ0) is 22.2. The van der Waals surface area contributed by atoms with Crippen molar-refractivity contribution in [2.75, 3.05) is 6.61 Å². The lowest BCUT2D eigenvalue weighted by Crippen LogP contribution is -2.63. The van der Waals surface area contributed by atoms with E-state index in [0.717, 1.165) is 24.2 Å². The quantitative estimate of drug-likeness (QED) is 0.452. The van der Waals surface area contributed by atoms with Crippen molar-refractivity contribution in [3.63, 3.8) is 0 Å². The monoisotopic (exact) mass is 450 g/mol. The van der Waals surface area contributed by atoms with Crippen molar-refractivity contribution in [3.8, 4) is 5.75 Å². The summed E-state index contributed by atoms with van der Waals surface area (Å²) in [5.41, 5.74) is 1.81. The van der Waals surface area contributed by atoms with Crippen LogP contribution in [0.1, 0.15) is 36.0 Å². The topological polar surface area (TPSA) is 120 Å². The molecule has 2 aromatic carbocycles. The molecule has 0 radical (unpaired) electrons. The van der Waals surface area contributed by atoms with Crippen LogP contribution in [0, 0.1) is 0 Å². The molecule has 5 atom stereocenters. The second-order valence-electron chi connectivity index (χ2n) is 8.26. The molecule has 0 amide bonds. The summed E-state index contributed by atoms with van der Waals surface area (Å²) in [5.74, 6) is -1.49. The van der Waals surface area contributed by atoms with Gasteiger partial charge < -0.3 is 35.0 Å². The average Bonchev–Trinajstić information content (AvgIpc) is 2.74. The van der Waals surface area contributed by atoms with E-state index >= 15 is 0 Å². The summed E-state index contributed by atoms with van der Waals surface area (Å²) in [5, 5.41) is 51.4. The molecule has 31 heavy (non-hydrogen) atoms. The lowest BCUT2D eigenvalue weighted by Gasteiger charge is -2.45. The third kappa shape index (κ3) is 4.45. The van der Waals surface area contributed by atoms with Crippen molar-refractivity contribution in [2.45, 2.75) is 62.0 Å². The maximum absolute atomic E-state index is 11.0. The maximum Gasteiger partial charge on any atom is 0.222 e. The molecule has 8 heteroatoms. The van der Waals surface area contributed by atoms with E-state index in [1.54, 1.807) is 12.1 Å². The smallest absolute Gasteiger partial charge is 0.222 e. The Hall–Kier alpha value is -1.71. The Morgan fingerprint density at radius 2 is 1.74 bits per heavy atom. The van der Waals surface area contributed by atoms with E-state index in [2.05, 4.69) is 0 Å². The zero-order valence-corrected chi connectivity index (χ0v) is 17.7. The fourth-order valence-corrected chi connectivity index (χ4v) is 4.10. The van der Waals surface area contributed by atoms with Crippen LogP contribution in [-0.4, -0.2) is 62.7 Å². The highest BCUT2D eigenvalue weighted by atomic mass is 35.5. The molecule has 1 heterocycles. The first-order valence-corrected chi connectivity index (χ1v) is 10.8. The van der Waals surface area contributed by atoms with E-state index in [9.17, 15) is 25.5 Å². The van der Waals surface area contributed by atoms with Crippen molar-refractivity contribution >= 4 is 11.6 Å². The van der Waals surface area contributed by atoms with Gasteiger partial charge in [0.2, 0.25) is 5.79 Å². The Morgan fingerprint density at radius 3 is 2.35 bits per heavy atom. The largest absolute Gasteiger partial charge is 0.490 e. The molecule has 1 saturated carbocycles. The summed E-state index contributed by atoms with van der Waals surface area (Å²) >= 11 is 6.36. The minimum absolute atomic E-state index is 0.161. The molecule has 1 aliphatic heterocycles. The van der Waals surface area contributed by atoms with Gasteiger partial charge in [0.05, 0.1) is 12.7 Å². The number of halogens is 1. The standard InChI is InChI=1S/C23H27ClO7/c24-18-9-6-15(23(29)22(28)21(27)20(26)19(12-25)31-23)11-14(18)10-13-4-7-17(8-5-13)30-16-2-1-3-16/h4-9,11,16,19-22,25-29H,1-3,10,12H2/t19-,20-,21+,22-,23?/m1/s1. The number of hydrogen-bond donors (Lipinski definition) is 5. The molecule has 7 nitrogen and oxygen atoms in total. The van der Waals surface area contributed by atoms with Gasteiger partial charge in [0.25, 0.3) is 0 Å². The molecule has 1 aliphatic carbocycles. The van der Waals surface area contributed by atoms with Gasteiger partial charge in [0, 0.05) is 10.6 Å². The van der Waals surface area contributed by atoms with Gasteiger partial charge in [-0.25, -0.2) is 0 Å². The average molecular weight is 451 g/mol. The molecule has 4 rings (SSSR count). The van der Waals surface area contributed by atoms with Gasteiger partial charge in [-0.3, -0.25) is 0 Å². The summed E-state index contributed by atoms with van der Waals surface area (Å²) in [4.78, 5) is 0. The van der Waals surface area contributed by atoms with Gasteiger partial charge >= 0.3 is 0 Å². The van der Waals surface area contributed by atoms with Crippen LogP contribution >= 0.6 is 11.6 Å². The summed E-state index contributed by atoms with van der Waals surface area (Å²) in [6.45, 7) is -0.636. The number of aliphatic hydroxyl groups is 5. The third-order valence-corrected chi connectivity index (χ3v) is 6.47. The highest BCUT2D eigenvalue weighted by molar-refractivity contribution is 6.31. The zero-order valence-electron chi connectivity index (χ0n) is 16.9. The number of hydrogen-bond acceptors (Lipinski definition) is 7. The fourth-order valence-electron chi connectivity index (χ4n) is 3.91. The number of benzene rings is 2. The number of rotatable bonds is 6. The molecule has 1 saturated heterocycles. The second kappa shape index (κ2) is 9.03. The van der Waals surface area contributed by atoms with Crippen LogP contribution in [0.25, 0.3) is 0 Å². The molecule has 2 aromatic rings. The van der Waals surface area contributed by atoms with E-state index in [1.165, 1.54) is 12.5 Å². The molecular weight excluding hydrogens is 424 g/mol. The van der Waals surface area contributed by atoms with E-state index < -0.39 is 36.8 Å². The van der Waals surface area contributed by atoms with E-state index in [1.807, 2.05) is 24.3 Å². The Bertz CT molecular complexity index is 899. The van der Waals surface area contributed by atoms with Crippen molar-refractivity contribution in [1.29, 1.82) is 0 Å². The molecule has 168 valence electrons. The molecular formula is C23H27ClO7. The Labute approximate surface area is 185 Å². The Kier molecular flexibility index (Phi) is 6.55. The molecule has 0 aromatic heterocycles. The van der Waals surface area contributed by atoms with Crippen molar-refractivity contribution in [1.82, 2.24) is 0 Å². The Morgan fingerprint density at radius 1 is 1.03 bits per heavy atom. The SMILES string of the molecule is OC[C@H]1OC(O)(c2ccc(Cl)c(Cc3ccc(OC4CCC4)cc3)c2)[C@H](O)[C@@H](O)[C@@H]1O. The maximum atomic E-state index is 11.0. The Balaban J connectivity index is 1.55. The van der Waals surface area contributed by atoms with Crippen LogP contribution < -0.4 is 4.74 Å². The van der Waals surface area contributed by atoms with Crippen molar-refractivity contribution in [2.24, 2.45) is 0 Å². The number of aliphatic hydroxyl groups excluding tert-OH is 4. The first-order chi connectivity index (χ1) is 14.8. The van der Waals surface area contributed by atoms with Gasteiger partial charge in [-0.05, 0) is 61.1 Å². The molecule has 5 N–H and O–H groups in total. The van der Waals surface area contributed by atoms with Crippen LogP contribution in [-0.2, 0) is 16.9 Å². The van der Waals surface area contributed by atoms with E-state index in [-0.39, 0.29) is 5.56 Å². The highest BCUT2D eigenvalue weighted by Crippen LogP contribution is 2.38. The first-order valence-electron chi connectivity index (χ1n) is 10.4. The number of ether oxygens (including phenoxy) is 2. The van der Waals surface area contributed by atoms with Gasteiger partial charge in [0.15, 0.2) is 0 Å². The second-order valence-corrected chi connectivity index (χ2v) is 8.67. The molecule has 2 aliphatic rings. The van der Waals surface area contributed by atoms with Crippen LogP contribution in [0.15, 0.2) is 42.5 Å². The summed E-state index contributed by atoms with van der Waals surface area (Å²) in [6.07, 6.45) is -2.17. The van der Waals surface area contributed by atoms with Crippen LogP contribution in [0.5, 0.6) is 5.75 Å². The highest BCUT2D eigenvalue weighted by Gasteiger charge is 2.53. The fraction of sp³-hybridized carbons (Fsp3) is 0.478. The van der Waals surface area contributed by atoms with Gasteiger partial charge in [-0.1, -0.05) is 29.8 Å². The minimum Gasteiger partial charge on any atom is -0.490 e. The lowest BCUT2D eigenvalue weighted by atomic mass is 9.87. The van der Waals surface area contributed by atoms with Crippen molar-refractivity contribution in [3.05, 3.63) is 64.2 Å². The molecule has 2 fully saturated rings.